The summed E-state index contributed by atoms with van der Waals surface area (Å²) in [4.78, 5) is 6.63. The second-order valence-corrected chi connectivity index (χ2v) is 4.42. The van der Waals surface area contributed by atoms with Gasteiger partial charge in [-0.1, -0.05) is 6.07 Å². The Labute approximate surface area is 96.1 Å². The summed E-state index contributed by atoms with van der Waals surface area (Å²) in [6.07, 6.45) is 3.27. The number of aliphatic hydroxyl groups excluding tert-OH is 1. The van der Waals surface area contributed by atoms with Crippen LogP contribution in [0.25, 0.3) is 0 Å². The third-order valence-electron chi connectivity index (χ3n) is 3.07. The van der Waals surface area contributed by atoms with Crippen molar-refractivity contribution < 1.29 is 5.11 Å². The van der Waals surface area contributed by atoms with E-state index < -0.39 is 0 Å². The smallest absolute Gasteiger partial charge is 0.133 e. The highest BCUT2D eigenvalue weighted by atomic mass is 16.3. The lowest BCUT2D eigenvalue weighted by Crippen LogP contribution is -2.37. The topological polar surface area (TPSA) is 62.4 Å². The van der Waals surface area contributed by atoms with E-state index in [2.05, 4.69) is 9.88 Å². The van der Waals surface area contributed by atoms with Crippen LogP contribution in [0.5, 0.6) is 0 Å². The Morgan fingerprint density at radius 3 is 2.81 bits per heavy atom. The minimum absolute atomic E-state index is 0.00412. The van der Waals surface area contributed by atoms with Crippen LogP contribution in [-0.2, 0) is 0 Å². The second kappa shape index (κ2) is 4.80. The fourth-order valence-corrected chi connectivity index (χ4v) is 2.11. The van der Waals surface area contributed by atoms with Gasteiger partial charge in [-0.05, 0) is 25.8 Å². The number of aromatic nitrogens is 1. The van der Waals surface area contributed by atoms with E-state index in [4.69, 9.17) is 5.73 Å². The molecule has 2 rings (SSSR count). The number of hydrogen-bond donors (Lipinski definition) is 2. The van der Waals surface area contributed by atoms with E-state index in [-0.39, 0.29) is 12.1 Å². The third kappa shape index (κ3) is 2.33. The molecule has 0 unspecified atom stereocenters. The molecular weight excluding hydrogens is 202 g/mol. The van der Waals surface area contributed by atoms with Gasteiger partial charge in [0.15, 0.2) is 0 Å². The molecule has 0 spiro atoms. The highest BCUT2D eigenvalue weighted by Crippen LogP contribution is 2.25. The van der Waals surface area contributed by atoms with Gasteiger partial charge in [0, 0.05) is 30.9 Å². The van der Waals surface area contributed by atoms with Crippen LogP contribution in [0.3, 0.4) is 0 Å². The van der Waals surface area contributed by atoms with Crippen LogP contribution in [0, 0.1) is 0 Å². The zero-order chi connectivity index (χ0) is 11.5. The molecule has 0 saturated carbocycles. The molecule has 0 aliphatic carbocycles. The van der Waals surface area contributed by atoms with Crippen LogP contribution in [0.4, 0.5) is 5.82 Å². The van der Waals surface area contributed by atoms with Crippen molar-refractivity contribution in [1.82, 2.24) is 4.98 Å². The van der Waals surface area contributed by atoms with Crippen LogP contribution < -0.4 is 10.6 Å². The van der Waals surface area contributed by atoms with Crippen molar-refractivity contribution in [3.05, 3.63) is 23.9 Å². The van der Waals surface area contributed by atoms with E-state index in [1.807, 2.05) is 19.1 Å². The number of hydrogen-bond acceptors (Lipinski definition) is 4. The van der Waals surface area contributed by atoms with E-state index in [1.165, 1.54) is 0 Å². The van der Waals surface area contributed by atoms with Gasteiger partial charge >= 0.3 is 0 Å². The molecule has 1 saturated heterocycles. The maximum atomic E-state index is 9.48. The average Bonchev–Trinajstić information content (AvgIpc) is 2.30. The molecule has 0 radical (unpaired) electrons. The van der Waals surface area contributed by atoms with E-state index >= 15 is 0 Å². The quantitative estimate of drug-likeness (QED) is 0.784. The van der Waals surface area contributed by atoms with E-state index in [0.29, 0.717) is 0 Å². The van der Waals surface area contributed by atoms with E-state index in [9.17, 15) is 5.11 Å². The Bertz CT molecular complexity index is 346. The number of rotatable bonds is 2. The first-order valence-electron chi connectivity index (χ1n) is 5.82. The highest BCUT2D eigenvalue weighted by molar-refractivity contribution is 5.48. The third-order valence-corrected chi connectivity index (χ3v) is 3.07. The number of anilines is 1. The van der Waals surface area contributed by atoms with E-state index in [0.717, 1.165) is 37.3 Å². The lowest BCUT2D eigenvalue weighted by atomic mass is 10.1. The standard InChI is InChI=1S/C12H19N3O/c1-9(13)11-3-2-6-14-12(11)15-7-4-10(16)5-8-15/h2-3,6,9-10,16H,4-5,7-8,13H2,1H3/t9-/m0/s1. The molecule has 0 bridgehead atoms. The molecule has 88 valence electrons. The number of piperidine rings is 1. The summed E-state index contributed by atoms with van der Waals surface area (Å²) in [6, 6.07) is 3.94. The zero-order valence-electron chi connectivity index (χ0n) is 9.63. The van der Waals surface area contributed by atoms with Gasteiger partial charge in [0.2, 0.25) is 0 Å². The lowest BCUT2D eigenvalue weighted by Gasteiger charge is -2.32. The molecule has 4 heteroatoms. The Morgan fingerprint density at radius 1 is 1.50 bits per heavy atom. The molecule has 1 atom stereocenters. The van der Waals surface area contributed by atoms with Crippen molar-refractivity contribution in [3.63, 3.8) is 0 Å². The molecule has 1 aromatic rings. The SMILES string of the molecule is C[C@H](N)c1cccnc1N1CCC(O)CC1. The molecule has 1 aliphatic rings. The summed E-state index contributed by atoms with van der Waals surface area (Å²) in [7, 11) is 0. The van der Waals surface area contributed by atoms with Crippen LogP contribution in [0.1, 0.15) is 31.4 Å². The average molecular weight is 221 g/mol. The first-order valence-corrected chi connectivity index (χ1v) is 5.82. The maximum Gasteiger partial charge on any atom is 0.133 e. The molecular formula is C12H19N3O. The van der Waals surface area contributed by atoms with Crippen LogP contribution in [-0.4, -0.2) is 29.3 Å². The predicted molar refractivity (Wildman–Crippen MR) is 64.3 cm³/mol. The maximum absolute atomic E-state index is 9.48. The molecule has 2 heterocycles. The summed E-state index contributed by atoms with van der Waals surface area (Å²) >= 11 is 0. The molecule has 4 nitrogen and oxygen atoms in total. The second-order valence-electron chi connectivity index (χ2n) is 4.42. The van der Waals surface area contributed by atoms with Crippen molar-refractivity contribution in [3.8, 4) is 0 Å². The minimum Gasteiger partial charge on any atom is -0.393 e. The van der Waals surface area contributed by atoms with Crippen molar-refractivity contribution >= 4 is 5.82 Å². The Balaban J connectivity index is 2.19. The molecule has 1 fully saturated rings. The summed E-state index contributed by atoms with van der Waals surface area (Å²) in [5.74, 6) is 0.976. The summed E-state index contributed by atoms with van der Waals surface area (Å²) in [5, 5.41) is 9.48. The van der Waals surface area contributed by atoms with Crippen molar-refractivity contribution in [2.45, 2.75) is 31.9 Å². The summed E-state index contributed by atoms with van der Waals surface area (Å²) in [6.45, 7) is 3.69. The van der Waals surface area contributed by atoms with Crippen molar-refractivity contribution in [2.24, 2.45) is 5.73 Å². The largest absolute Gasteiger partial charge is 0.393 e. The lowest BCUT2D eigenvalue weighted by molar-refractivity contribution is 0.145. The van der Waals surface area contributed by atoms with Crippen molar-refractivity contribution in [2.75, 3.05) is 18.0 Å². The summed E-state index contributed by atoms with van der Waals surface area (Å²) in [5.41, 5.74) is 7.01. The first kappa shape index (κ1) is 11.4. The van der Waals surface area contributed by atoms with Crippen molar-refractivity contribution in [1.29, 1.82) is 0 Å². The predicted octanol–water partition coefficient (Wildman–Crippen LogP) is 1.06. The van der Waals surface area contributed by atoms with Gasteiger partial charge in [0.1, 0.15) is 5.82 Å². The Hall–Kier alpha value is -1.13. The van der Waals surface area contributed by atoms with Gasteiger partial charge in [-0.3, -0.25) is 0 Å². The fraction of sp³-hybridized carbons (Fsp3) is 0.583. The zero-order valence-corrected chi connectivity index (χ0v) is 9.63. The normalized spacial score (nSPS) is 19.8. The Morgan fingerprint density at radius 2 is 2.19 bits per heavy atom. The van der Waals surface area contributed by atoms with E-state index in [1.54, 1.807) is 6.20 Å². The number of aliphatic hydroxyl groups is 1. The van der Waals surface area contributed by atoms with Crippen LogP contribution in [0.2, 0.25) is 0 Å². The Kier molecular flexibility index (Phi) is 3.41. The monoisotopic (exact) mass is 221 g/mol. The van der Waals surface area contributed by atoms with Gasteiger partial charge in [-0.15, -0.1) is 0 Å². The van der Waals surface area contributed by atoms with Gasteiger partial charge in [0.25, 0.3) is 0 Å². The first-order chi connectivity index (χ1) is 7.68. The van der Waals surface area contributed by atoms with Crippen LogP contribution >= 0.6 is 0 Å². The molecule has 16 heavy (non-hydrogen) atoms. The van der Waals surface area contributed by atoms with Gasteiger partial charge in [-0.2, -0.15) is 0 Å². The minimum atomic E-state index is -0.154. The molecule has 0 aromatic carbocycles. The van der Waals surface area contributed by atoms with Gasteiger partial charge < -0.3 is 15.7 Å². The molecule has 0 amide bonds. The number of pyridine rings is 1. The van der Waals surface area contributed by atoms with Gasteiger partial charge in [-0.25, -0.2) is 4.98 Å². The number of nitrogens with zero attached hydrogens (tertiary/aromatic N) is 2. The molecule has 1 aromatic heterocycles. The highest BCUT2D eigenvalue weighted by Gasteiger charge is 2.20. The molecule has 3 N–H and O–H groups in total. The number of nitrogens with two attached hydrogens (primary N) is 1. The van der Waals surface area contributed by atoms with Gasteiger partial charge in [0.05, 0.1) is 6.10 Å². The molecule has 1 aliphatic heterocycles. The summed E-state index contributed by atoms with van der Waals surface area (Å²) < 4.78 is 0. The van der Waals surface area contributed by atoms with Crippen LogP contribution in [0.15, 0.2) is 18.3 Å². The fourth-order valence-electron chi connectivity index (χ4n) is 2.11.